The molecule has 106 valence electrons. The van der Waals surface area contributed by atoms with Crippen LogP contribution in [0.3, 0.4) is 0 Å². The van der Waals surface area contributed by atoms with Crippen LogP contribution >= 0.6 is 12.4 Å². The van der Waals surface area contributed by atoms with E-state index in [2.05, 4.69) is 10.2 Å². The van der Waals surface area contributed by atoms with E-state index in [0.29, 0.717) is 12.5 Å². The zero-order valence-corrected chi connectivity index (χ0v) is 11.9. The highest BCUT2D eigenvalue weighted by Crippen LogP contribution is 2.27. The Morgan fingerprint density at radius 3 is 2.72 bits per heavy atom. The molecule has 1 saturated carbocycles. The number of likely N-dealkylation sites (tertiary alicyclic amines) is 1. The topological polar surface area (TPSA) is 58.4 Å². The third kappa shape index (κ3) is 5.55. The van der Waals surface area contributed by atoms with Gasteiger partial charge in [-0.15, -0.1) is 12.4 Å². The van der Waals surface area contributed by atoms with Gasteiger partial charge in [-0.05, 0) is 57.0 Å². The quantitative estimate of drug-likeness (QED) is 0.760. The van der Waals surface area contributed by atoms with Crippen LogP contribution in [0.25, 0.3) is 0 Å². The van der Waals surface area contributed by atoms with Crippen molar-refractivity contribution in [1.82, 2.24) is 10.2 Å². The maximum absolute atomic E-state index is 11.7. The number of rotatable bonds is 6. The van der Waals surface area contributed by atoms with Crippen molar-refractivity contribution in [3.8, 4) is 0 Å². The lowest BCUT2D eigenvalue weighted by atomic mass is 9.95. The van der Waals surface area contributed by atoms with Crippen LogP contribution in [0.15, 0.2) is 0 Å². The number of carbonyl (C=O) groups excluding carboxylic acids is 1. The van der Waals surface area contributed by atoms with Gasteiger partial charge in [-0.2, -0.15) is 0 Å². The standard InChI is InChI=1S/C13H25N3O.ClH/c14-6-5-12-2-1-7-16(9-12)10-13(17)15-8-11-3-4-11;/h11-12H,1-10,14H2,(H,15,17);1H. The molecule has 1 atom stereocenters. The Labute approximate surface area is 116 Å². The van der Waals surface area contributed by atoms with E-state index in [9.17, 15) is 4.79 Å². The smallest absolute Gasteiger partial charge is 0.234 e. The highest BCUT2D eigenvalue weighted by molar-refractivity contribution is 5.85. The minimum atomic E-state index is 0. The first-order valence-electron chi connectivity index (χ1n) is 6.97. The van der Waals surface area contributed by atoms with E-state index < -0.39 is 0 Å². The molecule has 18 heavy (non-hydrogen) atoms. The Hall–Kier alpha value is -0.320. The van der Waals surface area contributed by atoms with Crippen LogP contribution < -0.4 is 11.1 Å². The summed E-state index contributed by atoms with van der Waals surface area (Å²) >= 11 is 0. The normalized spacial score (nSPS) is 24.4. The zero-order valence-electron chi connectivity index (χ0n) is 11.1. The molecule has 1 aliphatic carbocycles. The average Bonchev–Trinajstić information content (AvgIpc) is 3.11. The Kier molecular flexibility index (Phi) is 6.97. The maximum atomic E-state index is 11.7. The van der Waals surface area contributed by atoms with Crippen LogP contribution in [0.4, 0.5) is 0 Å². The minimum Gasteiger partial charge on any atom is -0.355 e. The number of nitrogens with two attached hydrogens (primary N) is 1. The van der Waals surface area contributed by atoms with E-state index in [4.69, 9.17) is 5.73 Å². The van der Waals surface area contributed by atoms with Crippen molar-refractivity contribution in [2.24, 2.45) is 17.6 Å². The van der Waals surface area contributed by atoms with Crippen LogP contribution in [0.5, 0.6) is 0 Å². The Balaban J connectivity index is 0.00000162. The van der Waals surface area contributed by atoms with Gasteiger partial charge in [0.15, 0.2) is 0 Å². The summed E-state index contributed by atoms with van der Waals surface area (Å²) in [4.78, 5) is 14.0. The molecule has 1 heterocycles. The fourth-order valence-electron chi connectivity index (χ4n) is 2.61. The van der Waals surface area contributed by atoms with Crippen molar-refractivity contribution in [1.29, 1.82) is 0 Å². The molecule has 1 unspecified atom stereocenters. The fourth-order valence-corrected chi connectivity index (χ4v) is 2.61. The number of hydrogen-bond acceptors (Lipinski definition) is 3. The van der Waals surface area contributed by atoms with Gasteiger partial charge in [0.1, 0.15) is 0 Å². The van der Waals surface area contributed by atoms with Crippen molar-refractivity contribution in [2.75, 3.05) is 32.7 Å². The molecular weight excluding hydrogens is 250 g/mol. The first-order valence-corrected chi connectivity index (χ1v) is 6.97. The highest BCUT2D eigenvalue weighted by Gasteiger charge is 2.23. The highest BCUT2D eigenvalue weighted by atomic mass is 35.5. The molecule has 1 amide bonds. The SMILES string of the molecule is Cl.NCCC1CCCN(CC(=O)NCC2CC2)C1. The van der Waals surface area contributed by atoms with Gasteiger partial charge in [-0.3, -0.25) is 9.69 Å². The van der Waals surface area contributed by atoms with Gasteiger partial charge in [-0.25, -0.2) is 0 Å². The third-order valence-electron chi connectivity index (χ3n) is 3.83. The van der Waals surface area contributed by atoms with Crippen molar-refractivity contribution in [2.45, 2.75) is 32.1 Å². The van der Waals surface area contributed by atoms with Crippen molar-refractivity contribution in [3.63, 3.8) is 0 Å². The molecule has 3 N–H and O–H groups in total. The molecule has 0 radical (unpaired) electrons. The van der Waals surface area contributed by atoms with Crippen molar-refractivity contribution >= 4 is 18.3 Å². The number of hydrogen-bond donors (Lipinski definition) is 2. The molecule has 5 heteroatoms. The number of carbonyl (C=O) groups is 1. The molecule has 0 bridgehead atoms. The van der Waals surface area contributed by atoms with Gasteiger partial charge in [-0.1, -0.05) is 0 Å². The zero-order chi connectivity index (χ0) is 12.1. The fraction of sp³-hybridized carbons (Fsp3) is 0.923. The second-order valence-corrected chi connectivity index (χ2v) is 5.57. The minimum absolute atomic E-state index is 0. The summed E-state index contributed by atoms with van der Waals surface area (Å²) in [6.07, 6.45) is 6.17. The molecule has 0 aromatic rings. The molecule has 2 aliphatic rings. The molecule has 0 aromatic heterocycles. The summed E-state index contributed by atoms with van der Waals surface area (Å²) < 4.78 is 0. The molecule has 4 nitrogen and oxygen atoms in total. The first kappa shape index (κ1) is 15.7. The largest absolute Gasteiger partial charge is 0.355 e. The van der Waals surface area contributed by atoms with E-state index in [-0.39, 0.29) is 18.3 Å². The number of halogens is 1. The molecule has 1 aliphatic heterocycles. The van der Waals surface area contributed by atoms with E-state index in [1.807, 2.05) is 0 Å². The van der Waals surface area contributed by atoms with E-state index >= 15 is 0 Å². The number of piperidine rings is 1. The summed E-state index contributed by atoms with van der Waals surface area (Å²) in [7, 11) is 0. The van der Waals surface area contributed by atoms with Crippen molar-refractivity contribution < 1.29 is 4.79 Å². The molecule has 0 spiro atoms. The lowest BCUT2D eigenvalue weighted by Gasteiger charge is -2.32. The van der Waals surface area contributed by atoms with Gasteiger partial charge < -0.3 is 11.1 Å². The summed E-state index contributed by atoms with van der Waals surface area (Å²) in [6, 6.07) is 0. The molecule has 2 fully saturated rings. The van der Waals surface area contributed by atoms with Crippen LogP contribution in [-0.4, -0.2) is 43.5 Å². The lowest BCUT2D eigenvalue weighted by Crippen LogP contribution is -2.43. The maximum Gasteiger partial charge on any atom is 0.234 e. The first-order chi connectivity index (χ1) is 8.28. The van der Waals surface area contributed by atoms with Crippen LogP contribution in [-0.2, 0) is 4.79 Å². The summed E-state index contributed by atoms with van der Waals surface area (Å²) in [5.41, 5.74) is 5.60. The molecule has 1 saturated heterocycles. The number of nitrogens with zero attached hydrogens (tertiary/aromatic N) is 1. The molecular formula is C13H26ClN3O. The third-order valence-corrected chi connectivity index (χ3v) is 3.83. The molecule has 2 rings (SSSR count). The number of nitrogens with one attached hydrogen (secondary N) is 1. The van der Waals surface area contributed by atoms with Gasteiger partial charge in [0.25, 0.3) is 0 Å². The lowest BCUT2D eigenvalue weighted by molar-refractivity contribution is -0.122. The predicted molar refractivity (Wildman–Crippen MR) is 75.8 cm³/mol. The van der Waals surface area contributed by atoms with Gasteiger partial charge in [0.05, 0.1) is 6.54 Å². The van der Waals surface area contributed by atoms with Gasteiger partial charge >= 0.3 is 0 Å². The van der Waals surface area contributed by atoms with Gasteiger partial charge in [0, 0.05) is 13.1 Å². The monoisotopic (exact) mass is 275 g/mol. The molecule has 0 aromatic carbocycles. The second kappa shape index (κ2) is 7.97. The van der Waals surface area contributed by atoms with Gasteiger partial charge in [0.2, 0.25) is 5.91 Å². The summed E-state index contributed by atoms with van der Waals surface area (Å²) in [5.74, 6) is 1.67. The van der Waals surface area contributed by atoms with E-state index in [0.717, 1.165) is 38.5 Å². The summed E-state index contributed by atoms with van der Waals surface area (Å²) in [6.45, 7) is 4.35. The van der Waals surface area contributed by atoms with Crippen molar-refractivity contribution in [3.05, 3.63) is 0 Å². The van der Waals surface area contributed by atoms with E-state index in [1.54, 1.807) is 0 Å². The Morgan fingerprint density at radius 2 is 2.06 bits per heavy atom. The average molecular weight is 276 g/mol. The van der Waals surface area contributed by atoms with Crippen LogP contribution in [0.2, 0.25) is 0 Å². The summed E-state index contributed by atoms with van der Waals surface area (Å²) in [5, 5.41) is 3.03. The Bertz CT molecular complexity index is 257. The second-order valence-electron chi connectivity index (χ2n) is 5.57. The van der Waals surface area contributed by atoms with E-state index in [1.165, 1.54) is 25.7 Å². The predicted octanol–water partition coefficient (Wildman–Crippen LogP) is 0.995. The van der Waals surface area contributed by atoms with Crippen LogP contribution in [0, 0.1) is 11.8 Å². The number of amides is 1. The Morgan fingerprint density at radius 1 is 1.28 bits per heavy atom. The van der Waals surface area contributed by atoms with Crippen LogP contribution in [0.1, 0.15) is 32.1 Å².